The number of esters is 1. The molecule has 2 aromatic rings. The van der Waals surface area contributed by atoms with Crippen molar-refractivity contribution in [3.63, 3.8) is 0 Å². The van der Waals surface area contributed by atoms with Gasteiger partial charge in [0.05, 0.1) is 18.5 Å². The lowest BCUT2D eigenvalue weighted by Crippen LogP contribution is -2.46. The number of rotatable bonds is 7. The monoisotopic (exact) mass is 397 g/mol. The molecule has 0 radical (unpaired) electrons. The van der Waals surface area contributed by atoms with E-state index in [0.717, 1.165) is 11.3 Å². The van der Waals surface area contributed by atoms with Crippen LogP contribution >= 0.6 is 0 Å². The number of ether oxygens (including phenoxy) is 1. The summed E-state index contributed by atoms with van der Waals surface area (Å²) in [4.78, 5) is 36.9. The largest absolute Gasteiger partial charge is 0.459 e. The molecule has 0 saturated carbocycles. The second-order valence-electron chi connectivity index (χ2n) is 6.96. The van der Waals surface area contributed by atoms with Crippen LogP contribution in [0.2, 0.25) is 0 Å². The molecule has 0 aliphatic carbocycles. The van der Waals surface area contributed by atoms with Crippen LogP contribution in [0.3, 0.4) is 0 Å². The number of nitrogens with one attached hydrogen (secondary N) is 1. The third-order valence-corrected chi connectivity index (χ3v) is 4.49. The van der Waals surface area contributed by atoms with Gasteiger partial charge in [0.1, 0.15) is 6.04 Å². The van der Waals surface area contributed by atoms with Gasteiger partial charge < -0.3 is 14.5 Å². The lowest BCUT2D eigenvalue weighted by Gasteiger charge is -2.20. The van der Waals surface area contributed by atoms with Gasteiger partial charge in [-0.1, -0.05) is 44.2 Å². The molecule has 1 aromatic heterocycles. The first-order valence-electron chi connectivity index (χ1n) is 9.40. The average molecular weight is 397 g/mol. The lowest BCUT2D eigenvalue weighted by atomic mass is 10.0. The maximum absolute atomic E-state index is 12.4. The van der Waals surface area contributed by atoms with Crippen LogP contribution in [0.4, 0.5) is 0 Å². The van der Waals surface area contributed by atoms with Gasteiger partial charge in [-0.25, -0.2) is 9.80 Å². The van der Waals surface area contributed by atoms with Crippen molar-refractivity contribution < 1.29 is 23.5 Å². The van der Waals surface area contributed by atoms with Gasteiger partial charge in [-0.2, -0.15) is 5.10 Å². The van der Waals surface area contributed by atoms with Gasteiger partial charge in [0.25, 0.3) is 11.8 Å². The van der Waals surface area contributed by atoms with Crippen molar-refractivity contribution in [2.45, 2.75) is 26.3 Å². The Morgan fingerprint density at radius 1 is 1.17 bits per heavy atom. The minimum Gasteiger partial charge on any atom is -0.459 e. The second kappa shape index (κ2) is 9.18. The minimum absolute atomic E-state index is 0.0966. The average Bonchev–Trinajstić information content (AvgIpc) is 3.42. The summed E-state index contributed by atoms with van der Waals surface area (Å²) in [6.07, 6.45) is 2.01. The van der Waals surface area contributed by atoms with Crippen LogP contribution in [0.15, 0.2) is 58.2 Å². The summed E-state index contributed by atoms with van der Waals surface area (Å²) in [5.74, 6) is -1.75. The van der Waals surface area contributed by atoms with E-state index >= 15 is 0 Å². The molecule has 1 unspecified atom stereocenters. The van der Waals surface area contributed by atoms with E-state index < -0.39 is 30.4 Å². The first-order valence-corrected chi connectivity index (χ1v) is 9.40. The molecule has 29 heavy (non-hydrogen) atoms. The highest BCUT2D eigenvalue weighted by molar-refractivity contribution is 6.02. The Morgan fingerprint density at radius 3 is 2.59 bits per heavy atom. The van der Waals surface area contributed by atoms with Crippen molar-refractivity contribution in [1.29, 1.82) is 0 Å². The first kappa shape index (κ1) is 20.3. The number of furan rings is 1. The number of benzene rings is 1. The Morgan fingerprint density at radius 2 is 1.93 bits per heavy atom. The third-order valence-electron chi connectivity index (χ3n) is 4.49. The molecule has 0 bridgehead atoms. The van der Waals surface area contributed by atoms with E-state index in [0.29, 0.717) is 13.0 Å². The molecule has 8 nitrogen and oxygen atoms in total. The summed E-state index contributed by atoms with van der Waals surface area (Å²) >= 11 is 0. The summed E-state index contributed by atoms with van der Waals surface area (Å²) < 4.78 is 10.2. The molecule has 1 aromatic carbocycles. The van der Waals surface area contributed by atoms with E-state index in [2.05, 4.69) is 10.4 Å². The third kappa shape index (κ3) is 5.10. The van der Waals surface area contributed by atoms with Gasteiger partial charge in [0.2, 0.25) is 0 Å². The molecule has 2 heterocycles. The zero-order valence-electron chi connectivity index (χ0n) is 16.3. The van der Waals surface area contributed by atoms with Crippen molar-refractivity contribution in [2.75, 3.05) is 13.2 Å². The van der Waals surface area contributed by atoms with Crippen LogP contribution in [0, 0.1) is 5.92 Å². The number of amides is 2. The maximum atomic E-state index is 12.4. The van der Waals surface area contributed by atoms with Gasteiger partial charge in [-0.3, -0.25) is 9.59 Å². The number of carbonyl (C=O) groups excluding carboxylic acids is 3. The van der Waals surface area contributed by atoms with Crippen LogP contribution in [0.25, 0.3) is 0 Å². The van der Waals surface area contributed by atoms with Crippen LogP contribution in [-0.2, 0) is 14.3 Å². The quantitative estimate of drug-likeness (QED) is 0.722. The SMILES string of the molecule is CC(C)C(NC(=O)c1ccco1)C(=O)OCC(=O)N1CCC(c2ccccc2)=N1. The highest BCUT2D eigenvalue weighted by Gasteiger charge is 2.29. The second-order valence-corrected chi connectivity index (χ2v) is 6.96. The predicted octanol–water partition coefficient (Wildman–Crippen LogP) is 2.21. The molecule has 0 saturated heterocycles. The van der Waals surface area contributed by atoms with Crippen LogP contribution < -0.4 is 5.32 Å². The van der Waals surface area contributed by atoms with Gasteiger partial charge >= 0.3 is 5.97 Å². The topological polar surface area (TPSA) is 101 Å². The van der Waals surface area contributed by atoms with E-state index in [1.54, 1.807) is 19.9 Å². The van der Waals surface area contributed by atoms with Gasteiger partial charge in [-0.15, -0.1) is 0 Å². The maximum Gasteiger partial charge on any atom is 0.329 e. The van der Waals surface area contributed by atoms with Gasteiger partial charge in [0, 0.05) is 6.42 Å². The van der Waals surface area contributed by atoms with E-state index in [9.17, 15) is 14.4 Å². The molecule has 1 aliphatic heterocycles. The Hall–Kier alpha value is -3.42. The lowest BCUT2D eigenvalue weighted by molar-refractivity contribution is -0.154. The number of hydrogen-bond donors (Lipinski definition) is 1. The van der Waals surface area contributed by atoms with Gasteiger partial charge in [-0.05, 0) is 23.6 Å². The molecular formula is C21H23N3O5. The Bertz CT molecular complexity index is 890. The zero-order valence-corrected chi connectivity index (χ0v) is 16.3. The van der Waals surface area contributed by atoms with E-state index in [-0.39, 0.29) is 11.7 Å². The van der Waals surface area contributed by atoms with E-state index in [4.69, 9.17) is 9.15 Å². The molecule has 1 N–H and O–H groups in total. The Labute approximate surface area is 168 Å². The summed E-state index contributed by atoms with van der Waals surface area (Å²) in [7, 11) is 0. The van der Waals surface area contributed by atoms with Gasteiger partial charge in [0.15, 0.2) is 12.4 Å². The van der Waals surface area contributed by atoms with E-state index in [1.807, 2.05) is 30.3 Å². The highest BCUT2D eigenvalue weighted by Crippen LogP contribution is 2.14. The predicted molar refractivity (Wildman–Crippen MR) is 105 cm³/mol. The normalized spacial score (nSPS) is 14.4. The number of carbonyl (C=O) groups is 3. The molecule has 0 spiro atoms. The zero-order chi connectivity index (χ0) is 20.8. The van der Waals surface area contributed by atoms with Crippen molar-refractivity contribution in [3.05, 3.63) is 60.1 Å². The van der Waals surface area contributed by atoms with Crippen molar-refractivity contribution in [3.8, 4) is 0 Å². The molecule has 1 atom stereocenters. The summed E-state index contributed by atoms with van der Waals surface area (Å²) in [5, 5.41) is 8.21. The summed E-state index contributed by atoms with van der Waals surface area (Å²) in [5.41, 5.74) is 1.77. The van der Waals surface area contributed by atoms with Crippen molar-refractivity contribution in [1.82, 2.24) is 10.3 Å². The molecule has 2 amide bonds. The molecule has 3 rings (SSSR count). The van der Waals surface area contributed by atoms with Crippen LogP contribution in [-0.4, -0.2) is 47.7 Å². The van der Waals surface area contributed by atoms with Crippen LogP contribution in [0.5, 0.6) is 0 Å². The molecule has 8 heteroatoms. The molecule has 1 aliphatic rings. The number of hydrogen-bond acceptors (Lipinski definition) is 6. The molecule has 0 fully saturated rings. The fourth-order valence-electron chi connectivity index (χ4n) is 2.89. The fraction of sp³-hybridized carbons (Fsp3) is 0.333. The standard InChI is InChI=1S/C21H23N3O5/c1-14(2)19(22-20(26)17-9-6-12-28-17)21(27)29-13-18(25)24-11-10-16(23-24)15-7-4-3-5-8-15/h3-9,12,14,19H,10-11,13H2,1-2H3,(H,22,26). The summed E-state index contributed by atoms with van der Waals surface area (Å²) in [6, 6.07) is 11.8. The van der Waals surface area contributed by atoms with E-state index in [1.165, 1.54) is 17.3 Å². The van der Waals surface area contributed by atoms with Crippen LogP contribution in [0.1, 0.15) is 36.4 Å². The van der Waals surface area contributed by atoms with Crippen molar-refractivity contribution in [2.24, 2.45) is 11.0 Å². The minimum atomic E-state index is -0.901. The Balaban J connectivity index is 1.55. The Kier molecular flexibility index (Phi) is 6.43. The molecular weight excluding hydrogens is 374 g/mol. The highest BCUT2D eigenvalue weighted by atomic mass is 16.5. The van der Waals surface area contributed by atoms with Crippen molar-refractivity contribution >= 4 is 23.5 Å². The summed E-state index contributed by atoms with van der Waals surface area (Å²) in [6.45, 7) is 3.54. The number of hydrazone groups is 1. The molecule has 152 valence electrons. The smallest absolute Gasteiger partial charge is 0.329 e. The first-order chi connectivity index (χ1) is 14.0. The number of nitrogens with zero attached hydrogens (tertiary/aromatic N) is 2. The fourth-order valence-corrected chi connectivity index (χ4v) is 2.89.